The number of halogens is 1. The van der Waals surface area contributed by atoms with Crippen LogP contribution in [0.15, 0.2) is 61.2 Å². The lowest BCUT2D eigenvalue weighted by Gasteiger charge is -2.42. The minimum absolute atomic E-state index is 0.0195. The number of methoxy groups -OCH3 is 2. The molecule has 4 bridgehead atoms. The Labute approximate surface area is 541 Å². The van der Waals surface area contributed by atoms with Crippen LogP contribution in [0.3, 0.4) is 0 Å². The van der Waals surface area contributed by atoms with Crippen LogP contribution >= 0.6 is 23.4 Å². The number of allylic oxidation sites excluding steroid dienone is 3. The van der Waals surface area contributed by atoms with E-state index in [0.29, 0.717) is 30.7 Å². The number of carbonyl (C=O) groups excluding carboxylic acids is 10. The lowest BCUT2D eigenvalue weighted by molar-refractivity contribution is -0.162. The lowest BCUT2D eigenvalue weighted by atomic mass is 9.83. The molecule has 1 aromatic carbocycles. The number of fused-ring (bicyclic) bond motifs is 5. The highest BCUT2D eigenvalue weighted by atomic mass is 35.5. The van der Waals surface area contributed by atoms with E-state index in [1.807, 2.05) is 26.8 Å². The molecule has 91 heavy (non-hydrogen) atoms. The molecule has 4 heterocycles. The summed E-state index contributed by atoms with van der Waals surface area (Å²) in [6.45, 7) is 18.6. The molecule has 3 saturated heterocycles. The Hall–Kier alpha value is -6.88. The summed E-state index contributed by atoms with van der Waals surface area (Å²) in [5, 5.41) is 24.7. The van der Waals surface area contributed by atoms with Crippen LogP contribution in [0.25, 0.3) is 0 Å². The molecule has 0 saturated carbocycles. The summed E-state index contributed by atoms with van der Waals surface area (Å²) in [4.78, 5) is 134. The number of hydrogen-bond acceptors (Lipinski definition) is 19. The van der Waals surface area contributed by atoms with E-state index in [1.54, 1.807) is 45.2 Å². The van der Waals surface area contributed by atoms with Crippen LogP contribution in [-0.2, 0) is 78.0 Å². The predicted octanol–water partition coefficient (Wildman–Crippen LogP) is 3.73. The highest BCUT2D eigenvalue weighted by molar-refractivity contribution is 8.02. The quantitative estimate of drug-likeness (QED) is 0.0203. The highest BCUT2D eigenvalue weighted by Gasteiger charge is 2.64. The molecule has 1 unspecified atom stereocenters. The van der Waals surface area contributed by atoms with Crippen molar-refractivity contribution in [2.75, 3.05) is 85.8 Å². The maximum atomic E-state index is 14.5. The molecule has 26 nitrogen and oxygen atoms in total. The second kappa shape index (κ2) is 34.7. The molecule has 0 aliphatic carbocycles. The average molecular weight is 1320 g/mol. The zero-order valence-corrected chi connectivity index (χ0v) is 55.4. The number of anilines is 1. The number of amides is 9. The maximum absolute atomic E-state index is 14.5. The van der Waals surface area contributed by atoms with Gasteiger partial charge in [-0.1, -0.05) is 69.3 Å². The Morgan fingerprint density at radius 3 is 2.22 bits per heavy atom. The highest BCUT2D eigenvalue weighted by Crippen LogP contribution is 2.49. The number of rotatable bonds is 31. The Kier molecular flexibility index (Phi) is 28.5. The number of epoxide rings is 1. The molecule has 0 radical (unpaired) electrons. The summed E-state index contributed by atoms with van der Waals surface area (Å²) < 4.78 is 40.1. The third kappa shape index (κ3) is 21.9. The molecule has 0 spiro atoms. The van der Waals surface area contributed by atoms with Crippen LogP contribution in [0.1, 0.15) is 105 Å². The number of likely N-dealkylation sites (N-methyl/N-ethyl adjacent to an activating group) is 1. The lowest BCUT2D eigenvalue weighted by Crippen LogP contribution is -2.63. The minimum Gasteiger partial charge on any atom is -0.495 e. The van der Waals surface area contributed by atoms with Crippen LogP contribution < -0.4 is 36.2 Å². The molecule has 5 rings (SSSR count). The fourth-order valence-corrected chi connectivity index (χ4v) is 12.5. The number of aliphatic hydroxyl groups is 1. The van der Waals surface area contributed by atoms with E-state index in [4.69, 9.17) is 44.8 Å². The van der Waals surface area contributed by atoms with E-state index in [2.05, 4.69) is 39.7 Å². The zero-order chi connectivity index (χ0) is 67.4. The van der Waals surface area contributed by atoms with Crippen LogP contribution in [0.5, 0.6) is 5.75 Å². The molecule has 6 N–H and O–H groups in total. The monoisotopic (exact) mass is 1310 g/mol. The largest absolute Gasteiger partial charge is 0.495 e. The van der Waals surface area contributed by atoms with Gasteiger partial charge in [0.1, 0.15) is 40.7 Å². The summed E-state index contributed by atoms with van der Waals surface area (Å²) in [7, 11) is 5.87. The van der Waals surface area contributed by atoms with E-state index in [9.17, 15) is 53.1 Å². The Morgan fingerprint density at radius 1 is 0.934 bits per heavy atom. The summed E-state index contributed by atoms with van der Waals surface area (Å²) in [6, 6.07) is 1.99. The molecule has 3 fully saturated rings. The molecular formula is C63H91ClN8O18S. The first-order valence-electron chi connectivity index (χ1n) is 30.4. The van der Waals surface area contributed by atoms with E-state index in [1.165, 1.54) is 49.8 Å². The van der Waals surface area contributed by atoms with E-state index < -0.39 is 88.0 Å². The van der Waals surface area contributed by atoms with Gasteiger partial charge < -0.3 is 69.3 Å². The Balaban J connectivity index is 1.08. The van der Waals surface area contributed by atoms with Crippen molar-refractivity contribution in [2.24, 2.45) is 5.92 Å². The number of hydrogen-bond donors (Lipinski definition) is 6. The second-order valence-corrected chi connectivity index (χ2v) is 26.1. The molecule has 1 aromatic rings. The standard InChI is InChI=1S/C63H91ClN8O18S/c1-13-49(73)65-24-21-42(22-25-66-50(74)14-2)68-52(76)19-18-51(75)67-26-28-86-30-31-87-29-27-72-55(79)35-46(58(72)80)91-61(6,7)23-20-53(77)70(9)40(5)59(81)89-48-36-54(78)71(10)43-33-41(34-44(84-11)56(43)64)32-38(3)16-15-17-47(85-12)63(83)37-45(88-60(82)69-63)39(4)57-62(48,8)90-57/h13-17,33-34,39-40,42,45-48,57,83H,1-2,18-32,35-37H2,3-12H3,(H,65,73)(H,66,74)(H,67,75)(H,68,76)(H,69,82)/b17-15+,38-16+/t39-,40+,45+,46?,47-,48+,57+,62+,63+/m1/s1. The fourth-order valence-electron chi connectivity index (χ4n) is 10.8. The zero-order valence-electron chi connectivity index (χ0n) is 53.8. The third-order valence-electron chi connectivity index (χ3n) is 16.4. The van der Waals surface area contributed by atoms with Gasteiger partial charge in [-0.3, -0.25) is 48.6 Å². The SMILES string of the molecule is C=CC(=O)NCCC(CCNC(=O)C=C)NC(=O)CCC(=O)NCCOCCOCCN1C(=O)CC(SC(C)(C)CCC(=O)N(C)[C@@H](C)C(=O)O[C@H]2CC(=O)N(C)c3cc(cc(OC)c3Cl)C/C(C)=C/C=C/[C@@H](OC)[C@@]3(O)C[C@H](OC(=O)N3)[C@@H](C)[C@@H]3O[C@@]23C)C1=O. The van der Waals surface area contributed by atoms with Gasteiger partial charge in [-0.2, -0.15) is 0 Å². The number of esters is 1. The molecule has 504 valence electrons. The predicted molar refractivity (Wildman–Crippen MR) is 338 cm³/mol. The second-order valence-electron chi connectivity index (χ2n) is 23.8. The smallest absolute Gasteiger partial charge is 0.409 e. The van der Waals surface area contributed by atoms with E-state index in [-0.39, 0.29) is 138 Å². The van der Waals surface area contributed by atoms with Crippen LogP contribution in [0.2, 0.25) is 5.02 Å². The molecule has 4 aliphatic rings. The van der Waals surface area contributed by atoms with Crippen molar-refractivity contribution >= 4 is 88.4 Å². The molecule has 4 aliphatic heterocycles. The fraction of sp³-hybridized carbons (Fsp3) is 0.619. The number of thioether (sulfide) groups is 1. The number of carbonyl (C=O) groups is 10. The van der Waals surface area contributed by atoms with Gasteiger partial charge in [-0.25, -0.2) is 9.59 Å². The van der Waals surface area contributed by atoms with Crippen LogP contribution in [-0.4, -0.2) is 213 Å². The van der Waals surface area contributed by atoms with E-state index >= 15 is 0 Å². The van der Waals surface area contributed by atoms with Gasteiger partial charge in [0.05, 0.1) is 63.5 Å². The summed E-state index contributed by atoms with van der Waals surface area (Å²) in [6.07, 6.45) is 3.34. The molecular weight excluding hydrogens is 1220 g/mol. The van der Waals surface area contributed by atoms with Gasteiger partial charge in [0.2, 0.25) is 47.3 Å². The summed E-state index contributed by atoms with van der Waals surface area (Å²) >= 11 is 8.12. The van der Waals surface area contributed by atoms with Crippen molar-refractivity contribution in [1.82, 2.24) is 36.4 Å². The number of nitrogens with one attached hydrogen (secondary N) is 5. The van der Waals surface area contributed by atoms with Crippen molar-refractivity contribution in [1.29, 1.82) is 0 Å². The molecule has 9 amide bonds. The minimum atomic E-state index is -1.90. The van der Waals surface area contributed by atoms with Gasteiger partial charge in [-0.15, -0.1) is 11.8 Å². The van der Waals surface area contributed by atoms with Gasteiger partial charge in [-0.05, 0) is 76.3 Å². The number of benzene rings is 1. The van der Waals surface area contributed by atoms with Crippen molar-refractivity contribution in [2.45, 2.75) is 164 Å². The molecule has 28 heteroatoms. The molecule has 0 aromatic heterocycles. The number of imide groups is 1. The number of likely N-dealkylation sites (tertiary alicyclic amines) is 1. The van der Waals surface area contributed by atoms with Gasteiger partial charge >= 0.3 is 12.1 Å². The first-order valence-corrected chi connectivity index (χ1v) is 31.6. The molecule has 9 atom stereocenters. The van der Waals surface area contributed by atoms with Gasteiger partial charge in [0.25, 0.3) is 0 Å². The number of ether oxygens (including phenoxy) is 7. The average Bonchev–Trinajstić information content (AvgIpc) is 1.58. The van der Waals surface area contributed by atoms with Crippen molar-refractivity contribution in [3.05, 3.63) is 71.8 Å². The topological polar surface area (TPSA) is 329 Å². The Bertz CT molecular complexity index is 2870. The summed E-state index contributed by atoms with van der Waals surface area (Å²) in [5.74, 6) is -4.21. The normalized spacial score (nSPS) is 24.7. The van der Waals surface area contributed by atoms with Gasteiger partial charge in [0.15, 0.2) is 5.72 Å². The van der Waals surface area contributed by atoms with E-state index in [0.717, 1.165) is 28.2 Å². The van der Waals surface area contributed by atoms with Gasteiger partial charge in [0, 0.05) is 89.7 Å². The Morgan fingerprint density at radius 2 is 1.58 bits per heavy atom. The number of nitrogens with zero attached hydrogens (tertiary/aromatic N) is 3. The number of alkyl carbamates (subject to hydrolysis) is 1. The third-order valence-corrected chi connectivity index (χ3v) is 18.3. The summed E-state index contributed by atoms with van der Waals surface area (Å²) in [5.41, 5.74) is -1.25. The first-order chi connectivity index (χ1) is 43.0. The van der Waals surface area contributed by atoms with Crippen molar-refractivity contribution < 1.29 is 86.2 Å². The van der Waals surface area contributed by atoms with Crippen LogP contribution in [0.4, 0.5) is 10.5 Å². The van der Waals surface area contributed by atoms with Crippen molar-refractivity contribution in [3.8, 4) is 5.75 Å². The first kappa shape index (κ1) is 74.8. The van der Waals surface area contributed by atoms with Crippen LogP contribution in [0, 0.1) is 5.92 Å². The maximum Gasteiger partial charge on any atom is 0.409 e. The van der Waals surface area contributed by atoms with Crippen molar-refractivity contribution in [3.63, 3.8) is 0 Å².